The van der Waals surface area contributed by atoms with Crippen molar-refractivity contribution in [2.24, 2.45) is 0 Å². The molecule has 17 heavy (non-hydrogen) atoms. The summed E-state index contributed by atoms with van der Waals surface area (Å²) in [6.45, 7) is 7.49. The number of esters is 1. The van der Waals surface area contributed by atoms with Gasteiger partial charge in [-0.3, -0.25) is 0 Å². The quantitative estimate of drug-likeness (QED) is 0.602. The molecule has 94 valence electrons. The number of hydrogen-bond donors (Lipinski definition) is 0. The fourth-order valence-electron chi connectivity index (χ4n) is 0.910. The monoisotopic (exact) mass is 240 g/mol. The summed E-state index contributed by atoms with van der Waals surface area (Å²) in [6.07, 6.45) is 2.44. The van der Waals surface area contributed by atoms with Gasteiger partial charge in [-0.05, 0) is 19.9 Å². The van der Waals surface area contributed by atoms with Gasteiger partial charge in [0.1, 0.15) is 0 Å². The molecular formula is C12H17FN2O2. The van der Waals surface area contributed by atoms with Gasteiger partial charge in [0.25, 0.3) is 0 Å². The molecule has 0 spiro atoms. The second-order valence-electron chi connectivity index (χ2n) is 2.77. The van der Waals surface area contributed by atoms with Crippen molar-refractivity contribution in [2.45, 2.75) is 27.7 Å². The highest BCUT2D eigenvalue weighted by molar-refractivity contribution is 5.90. The van der Waals surface area contributed by atoms with E-state index in [1.165, 1.54) is 6.20 Å². The molecule has 1 heterocycles. The van der Waals surface area contributed by atoms with Gasteiger partial charge >= 0.3 is 5.97 Å². The van der Waals surface area contributed by atoms with Crippen LogP contribution in [0.15, 0.2) is 18.1 Å². The second kappa shape index (κ2) is 8.38. The third kappa shape index (κ3) is 5.75. The summed E-state index contributed by atoms with van der Waals surface area (Å²) in [5.41, 5.74) is 0.702. The molecule has 5 heteroatoms. The van der Waals surface area contributed by atoms with E-state index in [1.54, 1.807) is 19.9 Å². The Morgan fingerprint density at radius 2 is 2.18 bits per heavy atom. The summed E-state index contributed by atoms with van der Waals surface area (Å²) in [7, 11) is 0. The van der Waals surface area contributed by atoms with Gasteiger partial charge in [-0.25, -0.2) is 14.8 Å². The van der Waals surface area contributed by atoms with E-state index in [9.17, 15) is 9.18 Å². The molecule has 0 aliphatic heterocycles. The summed E-state index contributed by atoms with van der Waals surface area (Å²) in [6, 6.07) is 1.68. The summed E-state index contributed by atoms with van der Waals surface area (Å²) in [4.78, 5) is 18.6. The van der Waals surface area contributed by atoms with Crippen LogP contribution >= 0.6 is 0 Å². The molecule has 0 radical (unpaired) electrons. The fraction of sp³-hybridized carbons (Fsp3) is 0.417. The molecule has 0 aromatic carbocycles. The summed E-state index contributed by atoms with van der Waals surface area (Å²) in [5, 5.41) is 0. The number of ether oxygens (including phenoxy) is 1. The largest absolute Gasteiger partial charge is 0.461 e. The number of nitrogens with zero attached hydrogens (tertiary/aromatic N) is 2. The molecule has 0 atom stereocenters. The number of carbonyl (C=O) groups is 1. The number of carbonyl (C=O) groups excluding carboxylic acids is 1. The van der Waals surface area contributed by atoms with Gasteiger partial charge in [0.2, 0.25) is 5.83 Å². The molecular weight excluding hydrogens is 223 g/mol. The number of aromatic nitrogens is 2. The Morgan fingerprint density at radius 1 is 1.53 bits per heavy atom. The van der Waals surface area contributed by atoms with Gasteiger partial charge in [0.05, 0.1) is 6.61 Å². The molecule has 1 aromatic heterocycles. The highest BCUT2D eigenvalue weighted by Gasteiger charge is 2.09. The Morgan fingerprint density at radius 3 is 2.71 bits per heavy atom. The number of hydrogen-bond acceptors (Lipinski definition) is 4. The Labute approximate surface area is 101 Å². The number of halogens is 1. The molecule has 0 bridgehead atoms. The van der Waals surface area contributed by atoms with Crippen LogP contribution in [0.3, 0.4) is 0 Å². The fourth-order valence-corrected chi connectivity index (χ4v) is 0.910. The van der Waals surface area contributed by atoms with Gasteiger partial charge in [0, 0.05) is 18.0 Å². The molecule has 0 amide bonds. The standard InChI is InChI=1S/C10H11FN2O2.C2H6/c1-3-15-10(14)8(11)6-9-12-5-4-7(2)13-9;1-2/h4-6H,3H2,1-2H3;1-2H3/b8-6-;. The van der Waals surface area contributed by atoms with Crippen LogP contribution in [0.1, 0.15) is 32.3 Å². The summed E-state index contributed by atoms with van der Waals surface area (Å²) < 4.78 is 17.6. The van der Waals surface area contributed by atoms with Crippen molar-refractivity contribution < 1.29 is 13.9 Å². The molecule has 0 aliphatic rings. The van der Waals surface area contributed by atoms with Crippen LogP contribution in [-0.4, -0.2) is 22.5 Å². The predicted octanol–water partition coefficient (Wildman–Crippen LogP) is 2.68. The van der Waals surface area contributed by atoms with E-state index in [4.69, 9.17) is 0 Å². The van der Waals surface area contributed by atoms with Gasteiger partial charge < -0.3 is 4.74 Å². The molecule has 0 aliphatic carbocycles. The molecule has 1 rings (SSSR count). The predicted molar refractivity (Wildman–Crippen MR) is 63.8 cm³/mol. The average Bonchev–Trinajstić information content (AvgIpc) is 2.32. The zero-order valence-electron chi connectivity index (χ0n) is 10.5. The molecule has 0 unspecified atom stereocenters. The normalized spacial score (nSPS) is 10.3. The van der Waals surface area contributed by atoms with Gasteiger partial charge in [-0.2, -0.15) is 4.39 Å². The topological polar surface area (TPSA) is 52.1 Å². The van der Waals surface area contributed by atoms with Crippen LogP contribution in [0.5, 0.6) is 0 Å². The number of aryl methyl sites for hydroxylation is 1. The van der Waals surface area contributed by atoms with Crippen LogP contribution in [0.2, 0.25) is 0 Å². The minimum Gasteiger partial charge on any atom is -0.461 e. The third-order valence-electron chi connectivity index (χ3n) is 1.54. The lowest BCUT2D eigenvalue weighted by molar-refractivity contribution is -0.140. The SMILES string of the molecule is CC.CCOC(=O)/C(F)=C/c1nccc(C)n1. The maximum atomic E-state index is 13.1. The van der Waals surface area contributed by atoms with Crippen molar-refractivity contribution in [3.63, 3.8) is 0 Å². The van der Waals surface area contributed by atoms with Gasteiger partial charge in [-0.1, -0.05) is 13.8 Å². The molecule has 0 saturated heterocycles. The van der Waals surface area contributed by atoms with E-state index in [-0.39, 0.29) is 12.4 Å². The van der Waals surface area contributed by atoms with E-state index < -0.39 is 11.8 Å². The van der Waals surface area contributed by atoms with Crippen molar-refractivity contribution in [1.29, 1.82) is 0 Å². The lowest BCUT2D eigenvalue weighted by Crippen LogP contribution is -2.04. The van der Waals surface area contributed by atoms with Crippen molar-refractivity contribution in [3.05, 3.63) is 29.6 Å². The average molecular weight is 240 g/mol. The highest BCUT2D eigenvalue weighted by Crippen LogP contribution is 2.05. The van der Waals surface area contributed by atoms with Crippen molar-refractivity contribution in [1.82, 2.24) is 9.97 Å². The van der Waals surface area contributed by atoms with Crippen molar-refractivity contribution >= 4 is 12.0 Å². The molecule has 0 fully saturated rings. The smallest absolute Gasteiger partial charge is 0.367 e. The summed E-state index contributed by atoms with van der Waals surface area (Å²) >= 11 is 0. The first kappa shape index (κ1) is 15.2. The second-order valence-corrected chi connectivity index (χ2v) is 2.77. The van der Waals surface area contributed by atoms with Crippen molar-refractivity contribution in [2.75, 3.05) is 6.61 Å². The lowest BCUT2D eigenvalue weighted by Gasteiger charge is -1.98. The van der Waals surface area contributed by atoms with Crippen LogP contribution in [-0.2, 0) is 9.53 Å². The molecule has 0 saturated carbocycles. The van der Waals surface area contributed by atoms with E-state index in [0.717, 1.165) is 6.08 Å². The maximum Gasteiger partial charge on any atom is 0.367 e. The summed E-state index contributed by atoms with van der Waals surface area (Å²) in [5.74, 6) is -1.84. The van der Waals surface area contributed by atoms with Crippen molar-refractivity contribution in [3.8, 4) is 0 Å². The van der Waals surface area contributed by atoms with Gasteiger partial charge in [0.15, 0.2) is 5.82 Å². The van der Waals surface area contributed by atoms with E-state index in [0.29, 0.717) is 5.69 Å². The van der Waals surface area contributed by atoms with Crippen LogP contribution in [0.4, 0.5) is 4.39 Å². The maximum absolute atomic E-state index is 13.1. The van der Waals surface area contributed by atoms with Crippen LogP contribution in [0.25, 0.3) is 6.08 Å². The minimum absolute atomic E-state index is 0.134. The number of rotatable bonds is 3. The Hall–Kier alpha value is -1.78. The van der Waals surface area contributed by atoms with Gasteiger partial charge in [-0.15, -0.1) is 0 Å². The molecule has 1 aromatic rings. The van der Waals surface area contributed by atoms with E-state index in [1.807, 2.05) is 13.8 Å². The van der Waals surface area contributed by atoms with E-state index in [2.05, 4.69) is 14.7 Å². The Kier molecular flexibility index (Phi) is 7.50. The molecule has 4 nitrogen and oxygen atoms in total. The highest BCUT2D eigenvalue weighted by atomic mass is 19.1. The lowest BCUT2D eigenvalue weighted by atomic mass is 10.4. The van der Waals surface area contributed by atoms with Crippen LogP contribution in [0, 0.1) is 6.92 Å². The Bertz CT molecular complexity index is 392. The zero-order valence-corrected chi connectivity index (χ0v) is 10.5. The Balaban J connectivity index is 0.00000121. The third-order valence-corrected chi connectivity index (χ3v) is 1.54. The van der Waals surface area contributed by atoms with E-state index >= 15 is 0 Å². The minimum atomic E-state index is -0.998. The van der Waals surface area contributed by atoms with Crippen LogP contribution < -0.4 is 0 Å². The molecule has 0 N–H and O–H groups in total. The first-order valence-electron chi connectivity index (χ1n) is 5.47. The first-order valence-corrected chi connectivity index (χ1v) is 5.47. The zero-order chi connectivity index (χ0) is 13.3. The first-order chi connectivity index (χ1) is 8.13.